The molecule has 0 aliphatic rings. The maximum Gasteiger partial charge on any atom is 0.244 e. The second-order valence-electron chi connectivity index (χ2n) is 9.97. The van der Waals surface area contributed by atoms with E-state index in [1.807, 2.05) is 38.3 Å². The summed E-state index contributed by atoms with van der Waals surface area (Å²) >= 11 is 1.31. The lowest BCUT2D eigenvalue weighted by Crippen LogP contribution is -2.44. The molecule has 3 rings (SSSR count). The molecule has 0 aliphatic heterocycles. The first-order valence-corrected chi connectivity index (χ1v) is 13.7. The van der Waals surface area contributed by atoms with Crippen LogP contribution in [0.1, 0.15) is 52.2 Å². The van der Waals surface area contributed by atoms with Gasteiger partial charge in [0.2, 0.25) is 15.9 Å². The summed E-state index contributed by atoms with van der Waals surface area (Å²) in [5.41, 5.74) is 3.99. The zero-order chi connectivity index (χ0) is 25.1. The molecule has 0 bridgehead atoms. The van der Waals surface area contributed by atoms with Gasteiger partial charge in [-0.15, -0.1) is 11.3 Å². The largest absolute Gasteiger partial charge is 0.301 e. The lowest BCUT2D eigenvalue weighted by atomic mass is 9.86. The number of hydrogen-bond donors (Lipinski definition) is 2. The summed E-state index contributed by atoms with van der Waals surface area (Å²) < 4.78 is 28.3. The minimum Gasteiger partial charge on any atom is -0.301 e. The molecule has 1 amide bonds. The number of thiazole rings is 1. The van der Waals surface area contributed by atoms with Crippen molar-refractivity contribution in [3.05, 3.63) is 65.0 Å². The SMILES string of the molecule is Cc1ccc(S(=O)(=O)N[C@H](CC(C)C)C(=O)Nc2nc(-c3ccc(C(C)(C)C)cc3)cs2)cc1. The van der Waals surface area contributed by atoms with Crippen LogP contribution in [0.15, 0.2) is 58.8 Å². The lowest BCUT2D eigenvalue weighted by Gasteiger charge is -2.19. The van der Waals surface area contributed by atoms with E-state index in [1.54, 1.807) is 24.3 Å². The molecule has 0 radical (unpaired) electrons. The fraction of sp³-hybridized carbons (Fsp3) is 0.385. The lowest BCUT2D eigenvalue weighted by molar-refractivity contribution is -0.118. The van der Waals surface area contributed by atoms with Crippen LogP contribution >= 0.6 is 11.3 Å². The molecule has 1 aromatic heterocycles. The summed E-state index contributed by atoms with van der Waals surface area (Å²) in [6.07, 6.45) is 0.365. The van der Waals surface area contributed by atoms with E-state index < -0.39 is 22.0 Å². The highest BCUT2D eigenvalue weighted by Gasteiger charge is 2.27. The van der Waals surface area contributed by atoms with E-state index in [0.717, 1.165) is 16.8 Å². The van der Waals surface area contributed by atoms with Crippen LogP contribution in [-0.2, 0) is 20.2 Å². The molecular formula is C26H33N3O3S2. The van der Waals surface area contributed by atoms with Crippen LogP contribution in [0.5, 0.6) is 0 Å². The highest BCUT2D eigenvalue weighted by Crippen LogP contribution is 2.28. The monoisotopic (exact) mass is 499 g/mol. The predicted octanol–water partition coefficient (Wildman–Crippen LogP) is 5.75. The smallest absolute Gasteiger partial charge is 0.244 e. The molecule has 2 aromatic carbocycles. The first kappa shape index (κ1) is 26.1. The number of amides is 1. The molecule has 1 heterocycles. The fourth-order valence-corrected chi connectivity index (χ4v) is 5.38. The molecule has 1 atom stereocenters. The number of hydrogen-bond acceptors (Lipinski definition) is 5. The third kappa shape index (κ3) is 6.74. The summed E-state index contributed by atoms with van der Waals surface area (Å²) in [5, 5.41) is 5.12. The summed E-state index contributed by atoms with van der Waals surface area (Å²) in [4.78, 5) is 17.7. The zero-order valence-corrected chi connectivity index (χ0v) is 22.2. The standard InChI is InChI=1S/C26H33N3O3S2/c1-17(2)15-22(29-34(31,32)21-13-7-18(3)8-14-21)24(30)28-25-27-23(16-33-25)19-9-11-20(12-10-19)26(4,5)6/h7-14,16-17,22,29H,15H2,1-6H3,(H,27,28,30)/t22-/m1/s1. The van der Waals surface area contributed by atoms with Gasteiger partial charge in [-0.3, -0.25) is 4.79 Å². The van der Waals surface area contributed by atoms with E-state index >= 15 is 0 Å². The van der Waals surface area contributed by atoms with Gasteiger partial charge in [-0.05, 0) is 42.4 Å². The fourth-order valence-electron chi connectivity index (χ4n) is 3.45. The third-order valence-corrected chi connectivity index (χ3v) is 7.68. The number of aromatic nitrogens is 1. The predicted molar refractivity (Wildman–Crippen MR) is 140 cm³/mol. The summed E-state index contributed by atoms with van der Waals surface area (Å²) in [6.45, 7) is 12.3. The van der Waals surface area contributed by atoms with Gasteiger partial charge < -0.3 is 5.32 Å². The van der Waals surface area contributed by atoms with Crippen molar-refractivity contribution in [3.8, 4) is 11.3 Å². The highest BCUT2D eigenvalue weighted by atomic mass is 32.2. The molecule has 182 valence electrons. The van der Waals surface area contributed by atoms with Crippen molar-refractivity contribution in [1.82, 2.24) is 9.71 Å². The Morgan fingerprint density at radius 3 is 2.21 bits per heavy atom. The maximum absolute atomic E-state index is 13.0. The third-order valence-electron chi connectivity index (χ3n) is 5.43. The Kier molecular flexibility index (Phi) is 7.95. The Hall–Kier alpha value is -2.55. The Balaban J connectivity index is 1.75. The summed E-state index contributed by atoms with van der Waals surface area (Å²) in [5.74, 6) is -0.307. The molecule has 3 aromatic rings. The van der Waals surface area contributed by atoms with Crippen LogP contribution in [-0.4, -0.2) is 25.4 Å². The Morgan fingerprint density at radius 1 is 1.03 bits per heavy atom. The molecular weight excluding hydrogens is 466 g/mol. The Bertz CT molecular complexity index is 1220. The van der Waals surface area contributed by atoms with E-state index in [9.17, 15) is 13.2 Å². The molecule has 0 saturated carbocycles. The maximum atomic E-state index is 13.0. The van der Waals surface area contributed by atoms with Crippen molar-refractivity contribution in [3.63, 3.8) is 0 Å². The quantitative estimate of drug-likeness (QED) is 0.413. The number of carbonyl (C=O) groups is 1. The van der Waals surface area contributed by atoms with E-state index in [1.165, 1.54) is 16.9 Å². The normalized spacial score (nSPS) is 13.1. The highest BCUT2D eigenvalue weighted by molar-refractivity contribution is 7.89. The van der Waals surface area contributed by atoms with Gasteiger partial charge in [0.1, 0.15) is 6.04 Å². The van der Waals surface area contributed by atoms with Crippen molar-refractivity contribution >= 4 is 32.4 Å². The summed E-state index contributed by atoms with van der Waals surface area (Å²) in [7, 11) is -3.84. The molecule has 0 aliphatic carbocycles. The van der Waals surface area contributed by atoms with Crippen LogP contribution in [0.4, 0.5) is 5.13 Å². The minimum absolute atomic E-state index is 0.0666. The number of nitrogens with zero attached hydrogens (tertiary/aromatic N) is 1. The van der Waals surface area contributed by atoms with Crippen LogP contribution in [0.25, 0.3) is 11.3 Å². The molecule has 34 heavy (non-hydrogen) atoms. The number of rotatable bonds is 8. The van der Waals surface area contributed by atoms with Crippen LogP contribution < -0.4 is 10.0 Å². The zero-order valence-electron chi connectivity index (χ0n) is 20.5. The Labute approximate surface area is 206 Å². The second kappa shape index (κ2) is 10.4. The Morgan fingerprint density at radius 2 is 1.65 bits per heavy atom. The average Bonchev–Trinajstić information content (AvgIpc) is 3.21. The van der Waals surface area contributed by atoms with Gasteiger partial charge in [-0.25, -0.2) is 13.4 Å². The van der Waals surface area contributed by atoms with Gasteiger partial charge in [0, 0.05) is 10.9 Å². The van der Waals surface area contributed by atoms with Crippen molar-refractivity contribution in [2.45, 2.75) is 64.3 Å². The van der Waals surface area contributed by atoms with Gasteiger partial charge in [0.05, 0.1) is 10.6 Å². The van der Waals surface area contributed by atoms with Gasteiger partial charge in [0.15, 0.2) is 5.13 Å². The molecule has 6 nitrogen and oxygen atoms in total. The number of nitrogens with one attached hydrogen (secondary N) is 2. The van der Waals surface area contributed by atoms with E-state index in [0.29, 0.717) is 11.6 Å². The minimum atomic E-state index is -3.84. The van der Waals surface area contributed by atoms with Gasteiger partial charge in [0.25, 0.3) is 0 Å². The molecule has 0 unspecified atom stereocenters. The molecule has 0 fully saturated rings. The van der Waals surface area contributed by atoms with E-state index in [2.05, 4.69) is 47.9 Å². The molecule has 0 saturated heterocycles. The molecule has 8 heteroatoms. The van der Waals surface area contributed by atoms with Crippen molar-refractivity contribution in [1.29, 1.82) is 0 Å². The van der Waals surface area contributed by atoms with E-state index in [-0.39, 0.29) is 16.2 Å². The van der Waals surface area contributed by atoms with Crippen LogP contribution in [0.2, 0.25) is 0 Å². The molecule has 0 spiro atoms. The number of sulfonamides is 1. The van der Waals surface area contributed by atoms with Gasteiger partial charge in [-0.2, -0.15) is 4.72 Å². The summed E-state index contributed by atoms with van der Waals surface area (Å²) in [6, 6.07) is 13.9. The van der Waals surface area contributed by atoms with Crippen LogP contribution in [0, 0.1) is 12.8 Å². The van der Waals surface area contributed by atoms with Gasteiger partial charge >= 0.3 is 0 Å². The topological polar surface area (TPSA) is 88.2 Å². The number of aryl methyl sites for hydroxylation is 1. The molecule has 2 N–H and O–H groups in total. The van der Waals surface area contributed by atoms with Crippen molar-refractivity contribution in [2.75, 3.05) is 5.32 Å². The second-order valence-corrected chi connectivity index (χ2v) is 12.5. The number of anilines is 1. The number of benzene rings is 2. The van der Waals surface area contributed by atoms with E-state index in [4.69, 9.17) is 0 Å². The first-order chi connectivity index (χ1) is 15.8. The van der Waals surface area contributed by atoms with Gasteiger partial charge in [-0.1, -0.05) is 76.6 Å². The number of carbonyl (C=O) groups excluding carboxylic acids is 1. The first-order valence-electron chi connectivity index (χ1n) is 11.3. The van der Waals surface area contributed by atoms with Crippen molar-refractivity contribution in [2.24, 2.45) is 5.92 Å². The van der Waals surface area contributed by atoms with Crippen LogP contribution in [0.3, 0.4) is 0 Å². The van der Waals surface area contributed by atoms with Crippen molar-refractivity contribution < 1.29 is 13.2 Å². The average molecular weight is 500 g/mol.